The van der Waals surface area contributed by atoms with Crippen molar-refractivity contribution in [3.05, 3.63) is 68.9 Å². The highest BCUT2D eigenvalue weighted by molar-refractivity contribution is 7.89. The maximum absolute atomic E-state index is 13.0. The number of benzene rings is 2. The van der Waals surface area contributed by atoms with Crippen LogP contribution in [-0.2, 0) is 10.0 Å². The van der Waals surface area contributed by atoms with Crippen molar-refractivity contribution in [2.24, 2.45) is 5.73 Å². The standard InChI is InChI=1S/C22H25N5O6S/c1-12(2)25-34(31,32)19-11-16(27(29)30)8-9-18(19)33-22-15(5)20(21(23)28)24-26(22)17-10-13(3)6-7-14(17)4/h6-12,25H,1-5H3,(H2,23,28). The topological polar surface area (TPSA) is 159 Å². The average Bonchev–Trinajstić information content (AvgIpc) is 3.05. The Morgan fingerprint density at radius 3 is 2.44 bits per heavy atom. The predicted octanol–water partition coefficient (Wildman–Crippen LogP) is 3.28. The Morgan fingerprint density at radius 1 is 1.18 bits per heavy atom. The van der Waals surface area contributed by atoms with Gasteiger partial charge in [-0.15, -0.1) is 0 Å². The number of non-ortho nitro benzene ring substituents is 1. The molecule has 12 heteroatoms. The third-order valence-corrected chi connectivity index (χ3v) is 6.60. The quantitative estimate of drug-likeness (QED) is 0.364. The van der Waals surface area contributed by atoms with Crippen LogP contribution < -0.4 is 15.2 Å². The van der Waals surface area contributed by atoms with E-state index in [1.54, 1.807) is 20.8 Å². The number of aromatic nitrogens is 2. The number of hydrogen-bond donors (Lipinski definition) is 2. The first-order chi connectivity index (χ1) is 15.8. The number of sulfonamides is 1. The SMILES string of the molecule is Cc1ccc(C)c(-n2nc(C(N)=O)c(C)c2Oc2ccc([N+](=O)[O-])cc2S(=O)(=O)NC(C)C)c1. The number of rotatable bonds is 8. The van der Waals surface area contributed by atoms with E-state index < -0.39 is 37.5 Å². The first-order valence-corrected chi connectivity index (χ1v) is 11.8. The number of carbonyl (C=O) groups is 1. The van der Waals surface area contributed by atoms with Crippen LogP contribution in [0.3, 0.4) is 0 Å². The Morgan fingerprint density at radius 2 is 1.85 bits per heavy atom. The largest absolute Gasteiger partial charge is 0.437 e. The molecule has 0 atom stereocenters. The molecule has 11 nitrogen and oxygen atoms in total. The number of nitro benzene ring substituents is 1. The van der Waals surface area contributed by atoms with Crippen LogP contribution >= 0.6 is 0 Å². The molecule has 0 aliphatic carbocycles. The van der Waals surface area contributed by atoms with Crippen LogP contribution in [0.5, 0.6) is 11.6 Å². The fourth-order valence-corrected chi connectivity index (χ4v) is 4.73. The smallest absolute Gasteiger partial charge is 0.271 e. The van der Waals surface area contributed by atoms with E-state index in [4.69, 9.17) is 10.5 Å². The molecule has 3 N–H and O–H groups in total. The van der Waals surface area contributed by atoms with Crippen molar-refractivity contribution in [1.82, 2.24) is 14.5 Å². The number of nitro groups is 1. The number of ether oxygens (including phenoxy) is 1. The lowest BCUT2D eigenvalue weighted by atomic mass is 10.1. The van der Waals surface area contributed by atoms with Crippen molar-refractivity contribution < 1.29 is 22.9 Å². The van der Waals surface area contributed by atoms with Crippen molar-refractivity contribution in [3.8, 4) is 17.3 Å². The first-order valence-electron chi connectivity index (χ1n) is 10.3. The highest BCUT2D eigenvalue weighted by Crippen LogP contribution is 2.36. The molecule has 2 aromatic carbocycles. The zero-order valence-electron chi connectivity index (χ0n) is 19.3. The third-order valence-electron chi connectivity index (χ3n) is 4.92. The molecule has 3 rings (SSSR count). The van der Waals surface area contributed by atoms with Gasteiger partial charge in [0.1, 0.15) is 10.6 Å². The Bertz CT molecular complexity index is 1400. The number of primary amides is 1. The zero-order valence-corrected chi connectivity index (χ0v) is 20.1. The molecule has 0 bridgehead atoms. The molecule has 180 valence electrons. The maximum Gasteiger partial charge on any atom is 0.271 e. The van der Waals surface area contributed by atoms with E-state index in [1.165, 1.54) is 10.7 Å². The molecule has 1 heterocycles. The number of hydrogen-bond acceptors (Lipinski definition) is 7. The number of amides is 1. The van der Waals surface area contributed by atoms with E-state index in [1.807, 2.05) is 32.0 Å². The summed E-state index contributed by atoms with van der Waals surface area (Å²) in [5.41, 5.74) is 7.62. The Hall–Kier alpha value is -3.77. The Balaban J connectivity index is 2.26. The molecule has 3 aromatic rings. The summed E-state index contributed by atoms with van der Waals surface area (Å²) < 4.78 is 35.7. The van der Waals surface area contributed by atoms with E-state index in [0.717, 1.165) is 23.3 Å². The zero-order chi connectivity index (χ0) is 25.4. The minimum atomic E-state index is -4.18. The molecule has 0 spiro atoms. The summed E-state index contributed by atoms with van der Waals surface area (Å²) in [6, 6.07) is 8.37. The van der Waals surface area contributed by atoms with Gasteiger partial charge in [0.25, 0.3) is 11.6 Å². The van der Waals surface area contributed by atoms with Crippen LogP contribution in [0.4, 0.5) is 5.69 Å². The van der Waals surface area contributed by atoms with Gasteiger partial charge in [0.05, 0.1) is 10.6 Å². The molecule has 0 fully saturated rings. The fraction of sp³-hybridized carbons (Fsp3) is 0.273. The second kappa shape index (κ2) is 9.23. The summed E-state index contributed by atoms with van der Waals surface area (Å²) in [5.74, 6) is -0.911. The molecular weight excluding hydrogens is 462 g/mol. The summed E-state index contributed by atoms with van der Waals surface area (Å²) in [6.45, 7) is 8.53. The fourth-order valence-electron chi connectivity index (χ4n) is 3.33. The lowest BCUT2D eigenvalue weighted by Gasteiger charge is -2.16. The molecule has 0 radical (unpaired) electrons. The van der Waals surface area contributed by atoms with E-state index in [0.29, 0.717) is 5.69 Å². The van der Waals surface area contributed by atoms with Gasteiger partial charge >= 0.3 is 0 Å². The van der Waals surface area contributed by atoms with Crippen LogP contribution in [0.25, 0.3) is 5.69 Å². The van der Waals surface area contributed by atoms with E-state index in [9.17, 15) is 23.3 Å². The number of nitrogens with two attached hydrogens (primary N) is 1. The second-order valence-electron chi connectivity index (χ2n) is 8.11. The minimum Gasteiger partial charge on any atom is -0.437 e. The van der Waals surface area contributed by atoms with E-state index >= 15 is 0 Å². The van der Waals surface area contributed by atoms with Crippen LogP contribution in [0.2, 0.25) is 0 Å². The number of carbonyl (C=O) groups excluding carboxylic acids is 1. The molecule has 1 amide bonds. The van der Waals surface area contributed by atoms with Crippen molar-refractivity contribution in [2.45, 2.75) is 45.6 Å². The summed E-state index contributed by atoms with van der Waals surface area (Å²) in [5, 5.41) is 15.6. The predicted molar refractivity (Wildman–Crippen MR) is 125 cm³/mol. The molecule has 0 aliphatic rings. The second-order valence-corrected chi connectivity index (χ2v) is 9.79. The molecular formula is C22H25N5O6S. The molecule has 0 saturated heterocycles. The van der Waals surface area contributed by atoms with Crippen molar-refractivity contribution in [1.29, 1.82) is 0 Å². The normalized spacial score (nSPS) is 11.6. The van der Waals surface area contributed by atoms with Gasteiger partial charge in [-0.3, -0.25) is 14.9 Å². The highest BCUT2D eigenvalue weighted by Gasteiger charge is 2.28. The number of nitrogens with zero attached hydrogens (tertiary/aromatic N) is 3. The van der Waals surface area contributed by atoms with Crippen molar-refractivity contribution in [2.75, 3.05) is 0 Å². The molecule has 0 aliphatic heterocycles. The average molecular weight is 488 g/mol. The van der Waals surface area contributed by atoms with Crippen LogP contribution in [0.1, 0.15) is 41.0 Å². The highest BCUT2D eigenvalue weighted by atomic mass is 32.2. The van der Waals surface area contributed by atoms with Crippen LogP contribution in [0.15, 0.2) is 41.3 Å². The molecule has 1 aromatic heterocycles. The summed E-state index contributed by atoms with van der Waals surface area (Å²) in [6.07, 6.45) is 0. The lowest BCUT2D eigenvalue weighted by molar-refractivity contribution is -0.385. The van der Waals surface area contributed by atoms with Gasteiger partial charge in [0.2, 0.25) is 15.9 Å². The van der Waals surface area contributed by atoms with Gasteiger partial charge in [-0.05, 0) is 57.9 Å². The lowest BCUT2D eigenvalue weighted by Crippen LogP contribution is -2.30. The Labute approximate surface area is 196 Å². The van der Waals surface area contributed by atoms with Crippen molar-refractivity contribution in [3.63, 3.8) is 0 Å². The number of aryl methyl sites for hydroxylation is 2. The summed E-state index contributed by atoms with van der Waals surface area (Å²) in [4.78, 5) is 22.2. The van der Waals surface area contributed by atoms with Gasteiger partial charge in [-0.1, -0.05) is 12.1 Å². The minimum absolute atomic E-state index is 0.0531. The number of nitrogens with one attached hydrogen (secondary N) is 1. The summed E-state index contributed by atoms with van der Waals surface area (Å²) >= 11 is 0. The van der Waals surface area contributed by atoms with E-state index in [-0.39, 0.29) is 22.9 Å². The maximum atomic E-state index is 13.0. The van der Waals surface area contributed by atoms with Crippen molar-refractivity contribution >= 4 is 21.6 Å². The van der Waals surface area contributed by atoms with Gasteiger partial charge < -0.3 is 10.5 Å². The monoisotopic (exact) mass is 487 g/mol. The third kappa shape index (κ3) is 4.92. The summed E-state index contributed by atoms with van der Waals surface area (Å²) in [7, 11) is -4.18. The van der Waals surface area contributed by atoms with E-state index in [2.05, 4.69) is 9.82 Å². The molecule has 34 heavy (non-hydrogen) atoms. The van der Waals surface area contributed by atoms with Gasteiger partial charge in [-0.2, -0.15) is 9.78 Å². The van der Waals surface area contributed by atoms with Crippen LogP contribution in [-0.4, -0.2) is 35.1 Å². The first kappa shape index (κ1) is 24.9. The molecule has 0 unspecified atom stereocenters. The molecule has 0 saturated carbocycles. The van der Waals surface area contributed by atoms with Crippen LogP contribution in [0, 0.1) is 30.9 Å². The van der Waals surface area contributed by atoms with Gasteiger partial charge in [-0.25, -0.2) is 13.1 Å². The Kier molecular flexibility index (Phi) is 6.75. The van der Waals surface area contributed by atoms with Gasteiger partial charge in [0.15, 0.2) is 5.69 Å². The van der Waals surface area contributed by atoms with Gasteiger partial charge in [0, 0.05) is 23.7 Å².